The second-order valence-corrected chi connectivity index (χ2v) is 4.25. The maximum atomic E-state index is 11.8. The Morgan fingerprint density at radius 1 is 1.50 bits per heavy atom. The van der Waals surface area contributed by atoms with Crippen LogP contribution in [0, 0.1) is 5.92 Å². The number of nitrogens with one attached hydrogen (secondary N) is 1. The van der Waals surface area contributed by atoms with Gasteiger partial charge in [0.1, 0.15) is 12.0 Å². The molecule has 2 N–H and O–H groups in total. The number of aliphatic carboxylic acids is 1. The first-order valence-corrected chi connectivity index (χ1v) is 5.81. The van der Waals surface area contributed by atoms with Gasteiger partial charge in [0.25, 0.3) is 0 Å². The van der Waals surface area contributed by atoms with E-state index >= 15 is 0 Å². The van der Waals surface area contributed by atoms with Crippen LogP contribution in [0.2, 0.25) is 0 Å². The van der Waals surface area contributed by atoms with Crippen molar-refractivity contribution in [2.45, 2.75) is 19.4 Å². The molecule has 0 bridgehead atoms. The molecule has 98 valence electrons. The predicted octanol–water partition coefficient (Wildman–Crippen LogP) is 0.681. The quantitative estimate of drug-likeness (QED) is 0.825. The van der Waals surface area contributed by atoms with E-state index in [9.17, 15) is 9.59 Å². The number of carbonyl (C=O) groups excluding carboxylic acids is 1. The maximum Gasteiger partial charge on any atom is 0.317 e. The molecule has 0 saturated carbocycles. The second-order valence-electron chi connectivity index (χ2n) is 4.25. The topological polar surface area (TPSA) is 95.7 Å². The molecule has 0 atom stereocenters. The molecule has 2 amide bonds. The maximum absolute atomic E-state index is 11.8. The van der Waals surface area contributed by atoms with Crippen molar-refractivity contribution in [2.75, 3.05) is 13.1 Å². The van der Waals surface area contributed by atoms with Gasteiger partial charge in [-0.2, -0.15) is 0 Å². The van der Waals surface area contributed by atoms with Gasteiger partial charge >= 0.3 is 12.0 Å². The predicted molar refractivity (Wildman–Crippen MR) is 60.7 cm³/mol. The Labute approximate surface area is 104 Å². The Hall–Kier alpha value is -2.05. The molecule has 18 heavy (non-hydrogen) atoms. The molecule has 1 aliphatic heterocycles. The molecule has 0 unspecified atom stereocenters. The van der Waals surface area contributed by atoms with Gasteiger partial charge in [0, 0.05) is 19.2 Å². The SMILES string of the molecule is O=C(O)C1CCN(C(=O)NCc2ccon2)CC1. The van der Waals surface area contributed by atoms with E-state index in [4.69, 9.17) is 5.11 Å². The molecule has 2 heterocycles. The molecule has 1 aromatic heterocycles. The van der Waals surface area contributed by atoms with E-state index in [1.165, 1.54) is 6.26 Å². The molecule has 7 heteroatoms. The fourth-order valence-electron chi connectivity index (χ4n) is 1.94. The lowest BCUT2D eigenvalue weighted by molar-refractivity contribution is -0.143. The van der Waals surface area contributed by atoms with Crippen molar-refractivity contribution >= 4 is 12.0 Å². The summed E-state index contributed by atoms with van der Waals surface area (Å²) in [6, 6.07) is 1.48. The van der Waals surface area contributed by atoms with Crippen molar-refractivity contribution in [2.24, 2.45) is 5.92 Å². The van der Waals surface area contributed by atoms with Crippen LogP contribution in [-0.2, 0) is 11.3 Å². The number of hydrogen-bond acceptors (Lipinski definition) is 4. The zero-order chi connectivity index (χ0) is 13.0. The Balaban J connectivity index is 1.75. The molecule has 0 aliphatic carbocycles. The van der Waals surface area contributed by atoms with Crippen molar-refractivity contribution in [1.82, 2.24) is 15.4 Å². The summed E-state index contributed by atoms with van der Waals surface area (Å²) in [6.45, 7) is 1.26. The standard InChI is InChI=1S/C11H15N3O4/c15-10(16)8-1-4-14(5-2-8)11(17)12-7-9-3-6-18-13-9/h3,6,8H,1-2,4-5,7H2,(H,12,17)(H,15,16). The van der Waals surface area contributed by atoms with E-state index in [0.29, 0.717) is 38.2 Å². The van der Waals surface area contributed by atoms with Gasteiger partial charge in [0.2, 0.25) is 0 Å². The lowest BCUT2D eigenvalue weighted by atomic mass is 9.97. The highest BCUT2D eigenvalue weighted by Crippen LogP contribution is 2.17. The van der Waals surface area contributed by atoms with Crippen LogP contribution < -0.4 is 5.32 Å². The molecule has 0 aromatic carbocycles. The fraction of sp³-hybridized carbons (Fsp3) is 0.545. The number of likely N-dealkylation sites (tertiary alicyclic amines) is 1. The number of carbonyl (C=O) groups is 2. The third kappa shape index (κ3) is 2.99. The molecular weight excluding hydrogens is 238 g/mol. The summed E-state index contributed by atoms with van der Waals surface area (Å²) in [7, 11) is 0. The van der Waals surface area contributed by atoms with Crippen LogP contribution in [0.5, 0.6) is 0 Å². The Bertz CT molecular complexity index is 410. The Morgan fingerprint density at radius 2 is 2.22 bits per heavy atom. The minimum Gasteiger partial charge on any atom is -0.481 e. The Morgan fingerprint density at radius 3 is 2.78 bits per heavy atom. The van der Waals surface area contributed by atoms with Gasteiger partial charge in [-0.15, -0.1) is 0 Å². The van der Waals surface area contributed by atoms with Crippen LogP contribution in [0.3, 0.4) is 0 Å². The molecule has 1 fully saturated rings. The van der Waals surface area contributed by atoms with Gasteiger partial charge in [0.15, 0.2) is 0 Å². The average Bonchev–Trinajstić information content (AvgIpc) is 2.89. The van der Waals surface area contributed by atoms with E-state index in [1.807, 2.05) is 0 Å². The van der Waals surface area contributed by atoms with Crippen molar-refractivity contribution in [1.29, 1.82) is 0 Å². The largest absolute Gasteiger partial charge is 0.481 e. The van der Waals surface area contributed by atoms with Gasteiger partial charge < -0.3 is 19.8 Å². The minimum absolute atomic E-state index is 0.193. The van der Waals surface area contributed by atoms with Crippen LogP contribution in [0.15, 0.2) is 16.9 Å². The number of nitrogens with zero attached hydrogens (tertiary/aromatic N) is 2. The van der Waals surface area contributed by atoms with E-state index in [-0.39, 0.29) is 11.9 Å². The van der Waals surface area contributed by atoms with Crippen LogP contribution >= 0.6 is 0 Å². The number of piperidine rings is 1. The van der Waals surface area contributed by atoms with Crippen molar-refractivity contribution in [3.05, 3.63) is 18.0 Å². The molecule has 1 aliphatic rings. The summed E-state index contributed by atoms with van der Waals surface area (Å²) in [4.78, 5) is 24.2. The van der Waals surface area contributed by atoms with Gasteiger partial charge in [-0.05, 0) is 12.8 Å². The molecular formula is C11H15N3O4. The minimum atomic E-state index is -0.780. The highest BCUT2D eigenvalue weighted by molar-refractivity contribution is 5.75. The summed E-state index contributed by atoms with van der Waals surface area (Å²) < 4.78 is 4.65. The third-order valence-corrected chi connectivity index (χ3v) is 3.04. The number of hydrogen-bond donors (Lipinski definition) is 2. The zero-order valence-corrected chi connectivity index (χ0v) is 9.83. The molecule has 1 saturated heterocycles. The van der Waals surface area contributed by atoms with Gasteiger partial charge in [-0.1, -0.05) is 5.16 Å². The zero-order valence-electron chi connectivity index (χ0n) is 9.83. The van der Waals surface area contributed by atoms with Gasteiger partial charge in [0.05, 0.1) is 12.5 Å². The first-order chi connectivity index (χ1) is 8.66. The highest BCUT2D eigenvalue weighted by Gasteiger charge is 2.26. The van der Waals surface area contributed by atoms with E-state index in [0.717, 1.165) is 0 Å². The van der Waals surface area contributed by atoms with Crippen LogP contribution in [0.25, 0.3) is 0 Å². The van der Waals surface area contributed by atoms with Crippen LogP contribution in [0.4, 0.5) is 4.79 Å². The van der Waals surface area contributed by atoms with Crippen molar-refractivity contribution < 1.29 is 19.2 Å². The lowest BCUT2D eigenvalue weighted by Gasteiger charge is -2.30. The molecule has 1 aromatic rings. The summed E-state index contributed by atoms with van der Waals surface area (Å²) >= 11 is 0. The number of rotatable bonds is 3. The number of aromatic nitrogens is 1. The monoisotopic (exact) mass is 253 g/mol. The Kier molecular flexibility index (Phi) is 3.81. The summed E-state index contributed by atoms with van der Waals surface area (Å²) in [5.74, 6) is -1.11. The smallest absolute Gasteiger partial charge is 0.317 e. The third-order valence-electron chi connectivity index (χ3n) is 3.04. The van der Waals surface area contributed by atoms with Crippen LogP contribution in [-0.4, -0.2) is 40.3 Å². The first-order valence-electron chi connectivity index (χ1n) is 5.81. The molecule has 2 rings (SSSR count). The van der Waals surface area contributed by atoms with Crippen molar-refractivity contribution in [3.8, 4) is 0 Å². The summed E-state index contributed by atoms with van der Waals surface area (Å²) in [6.07, 6.45) is 2.46. The molecule has 0 radical (unpaired) electrons. The van der Waals surface area contributed by atoms with Gasteiger partial charge in [-0.25, -0.2) is 4.79 Å². The number of carboxylic acids is 1. The van der Waals surface area contributed by atoms with E-state index in [1.54, 1.807) is 11.0 Å². The number of amides is 2. The van der Waals surface area contributed by atoms with E-state index in [2.05, 4.69) is 15.0 Å². The highest BCUT2D eigenvalue weighted by atomic mass is 16.5. The second kappa shape index (κ2) is 5.52. The number of urea groups is 1. The lowest BCUT2D eigenvalue weighted by Crippen LogP contribution is -2.45. The molecule has 0 spiro atoms. The fourth-order valence-corrected chi connectivity index (χ4v) is 1.94. The van der Waals surface area contributed by atoms with Crippen molar-refractivity contribution in [3.63, 3.8) is 0 Å². The van der Waals surface area contributed by atoms with E-state index < -0.39 is 5.97 Å². The normalized spacial score (nSPS) is 16.6. The first kappa shape index (κ1) is 12.4. The van der Waals surface area contributed by atoms with Gasteiger partial charge in [-0.3, -0.25) is 4.79 Å². The van der Waals surface area contributed by atoms with Crippen LogP contribution in [0.1, 0.15) is 18.5 Å². The number of carboxylic acid groups (broad SMARTS) is 1. The summed E-state index contributed by atoms with van der Waals surface area (Å²) in [5, 5.41) is 15.3. The molecule has 7 nitrogen and oxygen atoms in total. The summed E-state index contributed by atoms with van der Waals surface area (Å²) in [5.41, 5.74) is 0.656. The average molecular weight is 253 g/mol.